The van der Waals surface area contributed by atoms with E-state index in [1.54, 1.807) is 30.1 Å². The Balaban J connectivity index is 0.00000145. The molecule has 1 aromatic heterocycles. The van der Waals surface area contributed by atoms with Gasteiger partial charge in [0.2, 0.25) is 0 Å². The first kappa shape index (κ1) is 39.9. The number of hydrogen-bond acceptors (Lipinski definition) is 9. The van der Waals surface area contributed by atoms with Gasteiger partial charge >= 0.3 is 0 Å². The summed E-state index contributed by atoms with van der Waals surface area (Å²) in [6.07, 6.45) is 3.50. The van der Waals surface area contributed by atoms with Crippen molar-refractivity contribution < 1.29 is 18.7 Å². The first-order chi connectivity index (χ1) is 22.2. The number of carbonyl (C=O) groups excluding carboxylic acids is 2. The van der Waals surface area contributed by atoms with E-state index in [9.17, 15) is 9.59 Å². The van der Waals surface area contributed by atoms with E-state index in [0.29, 0.717) is 16.9 Å². The summed E-state index contributed by atoms with van der Waals surface area (Å²) in [6, 6.07) is 13.1. The van der Waals surface area contributed by atoms with Crippen LogP contribution in [0.4, 0.5) is 21.5 Å². The number of nitrogen functional groups attached to an aromatic ring is 2. The smallest absolute Gasteiger partial charge is 0.265 e. The lowest BCUT2D eigenvalue weighted by atomic mass is 9.89. The summed E-state index contributed by atoms with van der Waals surface area (Å²) < 4.78 is 24.0. The Morgan fingerprint density at radius 3 is 2.43 bits per heavy atom. The van der Waals surface area contributed by atoms with E-state index in [0.717, 1.165) is 42.2 Å². The van der Waals surface area contributed by atoms with E-state index >= 15 is 4.39 Å². The van der Waals surface area contributed by atoms with Crippen molar-refractivity contribution in [2.75, 3.05) is 29.9 Å². The van der Waals surface area contributed by atoms with Gasteiger partial charge in [-0.2, -0.15) is 0 Å². The molecule has 1 aliphatic rings. The Labute approximate surface area is 289 Å². The zero-order valence-electron chi connectivity index (χ0n) is 29.5. The minimum absolute atomic E-state index is 0.0641. The summed E-state index contributed by atoms with van der Waals surface area (Å²) >= 11 is 2.84. The van der Waals surface area contributed by atoms with Crippen molar-refractivity contribution in [3.63, 3.8) is 0 Å². The molecule has 2 heterocycles. The van der Waals surface area contributed by atoms with Gasteiger partial charge in [-0.1, -0.05) is 70.3 Å². The molecular weight excluding hydrogens is 634 g/mol. The van der Waals surface area contributed by atoms with Crippen LogP contribution in [-0.4, -0.2) is 46.8 Å². The number of carbonyl (C=O) groups is 2. The lowest BCUT2D eigenvalue weighted by molar-refractivity contribution is -0.109. The molecule has 1 unspecified atom stereocenters. The molecule has 2 aromatic carbocycles. The fourth-order valence-corrected chi connectivity index (χ4v) is 7.28. The number of hydrogen-bond donors (Lipinski definition) is 4. The van der Waals surface area contributed by atoms with E-state index < -0.39 is 17.3 Å². The molecule has 1 fully saturated rings. The summed E-state index contributed by atoms with van der Waals surface area (Å²) in [7, 11) is 0. The Hall–Kier alpha value is -3.28. The highest BCUT2D eigenvalue weighted by Crippen LogP contribution is 2.46. The molecule has 4 rings (SSSR count). The number of thiophene rings is 1. The zero-order valence-corrected chi connectivity index (χ0v) is 31.1. The minimum Gasteiger partial charge on any atom is -0.482 e. The Morgan fingerprint density at radius 1 is 1.17 bits per heavy atom. The molecule has 0 saturated carbocycles. The summed E-state index contributed by atoms with van der Waals surface area (Å²) in [5, 5.41) is 6.31. The zero-order chi connectivity index (χ0) is 35.4. The van der Waals surface area contributed by atoms with E-state index in [2.05, 4.69) is 48.7 Å². The molecule has 1 atom stereocenters. The average molecular weight is 688 g/mol. The number of nitrogens with one attached hydrogen (secondary N) is 2. The first-order valence-corrected chi connectivity index (χ1v) is 18.1. The molecule has 6 N–H and O–H groups in total. The predicted molar refractivity (Wildman–Crippen MR) is 200 cm³/mol. The van der Waals surface area contributed by atoms with Gasteiger partial charge in [0, 0.05) is 40.7 Å². The number of nitrogens with zero attached hydrogens (tertiary/aromatic N) is 1. The van der Waals surface area contributed by atoms with Gasteiger partial charge in [0.25, 0.3) is 5.91 Å². The molecule has 0 spiro atoms. The van der Waals surface area contributed by atoms with Crippen LogP contribution in [0.5, 0.6) is 5.75 Å². The third-order valence-electron chi connectivity index (χ3n) is 6.93. The maximum absolute atomic E-state index is 16.0. The Bertz CT molecular complexity index is 1450. The van der Waals surface area contributed by atoms with E-state index in [-0.39, 0.29) is 40.1 Å². The number of anilines is 3. The van der Waals surface area contributed by atoms with Crippen LogP contribution < -0.4 is 26.8 Å². The third kappa shape index (κ3) is 11.4. The maximum atomic E-state index is 16.0. The number of aldehydes is 1. The summed E-state index contributed by atoms with van der Waals surface area (Å²) in [5.74, 6) is 0.0706. The number of ether oxygens (including phenoxy) is 1. The molecule has 1 saturated heterocycles. The second-order valence-electron chi connectivity index (χ2n) is 12.8. The molecule has 11 heteroatoms. The van der Waals surface area contributed by atoms with Crippen LogP contribution in [0, 0.1) is 5.82 Å². The van der Waals surface area contributed by atoms with Gasteiger partial charge in [-0.3, -0.25) is 9.59 Å². The third-order valence-corrected chi connectivity index (χ3v) is 9.60. The van der Waals surface area contributed by atoms with Crippen molar-refractivity contribution in [2.45, 2.75) is 104 Å². The second kappa shape index (κ2) is 18.3. The number of amides is 1. The van der Waals surface area contributed by atoms with Crippen molar-refractivity contribution >= 4 is 52.5 Å². The number of benzene rings is 2. The monoisotopic (exact) mass is 687 g/mol. The molecule has 260 valence electrons. The highest BCUT2D eigenvalue weighted by Gasteiger charge is 2.36. The average Bonchev–Trinajstić information content (AvgIpc) is 3.32. The highest BCUT2D eigenvalue weighted by atomic mass is 32.2. The minimum atomic E-state index is -0.510. The molecule has 0 radical (unpaired) electrons. The van der Waals surface area contributed by atoms with Gasteiger partial charge in [-0.25, -0.2) is 8.70 Å². The van der Waals surface area contributed by atoms with E-state index in [1.807, 2.05) is 52.8 Å². The van der Waals surface area contributed by atoms with Crippen molar-refractivity contribution in [3.05, 3.63) is 58.7 Å². The standard InChI is InChI=1S/C31H40FN5O3S2.C3H8.C2H6/c1-30(2,3)36-29(39)28-26(40-15-14-38)25(34)27(42-28)22-10-7-11-23(24(22)32)35-21-12-13-37(31(4,5)17-21)41-18-19-8-6-9-20(33)16-19;1-3-2;1-2/h6-11,14,16,21,35H,12-13,15,17-18,33-34H2,1-5H3,(H,36,39);3H2,1-2H3;1-2H3. The van der Waals surface area contributed by atoms with Gasteiger partial charge in [0.05, 0.1) is 16.3 Å². The predicted octanol–water partition coefficient (Wildman–Crippen LogP) is 8.77. The summed E-state index contributed by atoms with van der Waals surface area (Å²) in [6.45, 7) is 18.8. The number of rotatable bonds is 10. The van der Waals surface area contributed by atoms with Gasteiger partial charge in [-0.05, 0) is 71.2 Å². The van der Waals surface area contributed by atoms with Crippen molar-refractivity contribution in [2.24, 2.45) is 0 Å². The molecule has 1 aliphatic heterocycles. The number of piperidine rings is 1. The molecule has 1 amide bonds. The van der Waals surface area contributed by atoms with Crippen LogP contribution in [0.2, 0.25) is 0 Å². The van der Waals surface area contributed by atoms with Crippen molar-refractivity contribution in [1.82, 2.24) is 9.62 Å². The van der Waals surface area contributed by atoms with Crippen LogP contribution in [0.1, 0.15) is 96.8 Å². The fourth-order valence-electron chi connectivity index (χ4n) is 5.06. The molecule has 8 nitrogen and oxygen atoms in total. The van der Waals surface area contributed by atoms with Crippen molar-refractivity contribution in [1.29, 1.82) is 0 Å². The van der Waals surface area contributed by atoms with Crippen LogP contribution in [-0.2, 0) is 10.5 Å². The highest BCUT2D eigenvalue weighted by molar-refractivity contribution is 7.96. The summed E-state index contributed by atoms with van der Waals surface area (Å²) in [4.78, 5) is 24.6. The summed E-state index contributed by atoms with van der Waals surface area (Å²) in [5.41, 5.74) is 14.4. The number of nitrogens with two attached hydrogens (primary N) is 2. The molecule has 0 bridgehead atoms. The Morgan fingerprint density at radius 2 is 1.83 bits per heavy atom. The van der Waals surface area contributed by atoms with Crippen molar-refractivity contribution in [3.8, 4) is 16.2 Å². The van der Waals surface area contributed by atoms with Gasteiger partial charge in [-0.15, -0.1) is 11.3 Å². The topological polar surface area (TPSA) is 123 Å². The van der Waals surface area contributed by atoms with E-state index in [4.69, 9.17) is 16.2 Å². The first-order valence-electron chi connectivity index (χ1n) is 16.3. The normalized spacial score (nSPS) is 15.7. The molecule has 3 aromatic rings. The van der Waals surface area contributed by atoms with Crippen LogP contribution in [0.25, 0.3) is 10.4 Å². The Kier molecular flexibility index (Phi) is 15.5. The van der Waals surface area contributed by atoms with Crippen LogP contribution >= 0.6 is 23.3 Å². The molecule has 0 aliphatic carbocycles. The molecule has 47 heavy (non-hydrogen) atoms. The largest absolute Gasteiger partial charge is 0.482 e. The SMILES string of the molecule is CC.CC(C)(C)NC(=O)c1sc(-c2cccc(NC3CCN(SCc4cccc(N)c4)C(C)(C)C3)c2F)c(N)c1OCC=O.CCC. The van der Waals surface area contributed by atoms with Crippen LogP contribution in [0.15, 0.2) is 42.5 Å². The van der Waals surface area contributed by atoms with Gasteiger partial charge in [0.1, 0.15) is 11.5 Å². The molecular formula is C36H54FN5O3S2. The number of halogens is 1. The van der Waals surface area contributed by atoms with Crippen LogP contribution in [0.3, 0.4) is 0 Å². The maximum Gasteiger partial charge on any atom is 0.265 e. The lowest BCUT2D eigenvalue weighted by Gasteiger charge is -2.45. The fraction of sp³-hybridized carbons (Fsp3) is 0.500. The quantitative estimate of drug-likeness (QED) is 0.0948. The second-order valence-corrected chi connectivity index (χ2v) is 14.8. The lowest BCUT2D eigenvalue weighted by Crippen LogP contribution is -2.49. The van der Waals surface area contributed by atoms with Gasteiger partial charge < -0.3 is 26.8 Å². The van der Waals surface area contributed by atoms with Gasteiger partial charge in [0.15, 0.2) is 17.9 Å². The van der Waals surface area contributed by atoms with E-state index in [1.165, 1.54) is 12.0 Å².